The van der Waals surface area contributed by atoms with Gasteiger partial charge in [0, 0.05) is 41.2 Å². The van der Waals surface area contributed by atoms with Gasteiger partial charge in [0.15, 0.2) is 0 Å². The Labute approximate surface area is 171 Å². The Morgan fingerprint density at radius 2 is 1.85 bits per heavy atom. The van der Waals surface area contributed by atoms with Crippen molar-refractivity contribution >= 4 is 41.5 Å². The lowest BCUT2D eigenvalue weighted by Crippen LogP contribution is -2.49. The van der Waals surface area contributed by atoms with Crippen LogP contribution in [0.1, 0.15) is 33.8 Å². The number of likely N-dealkylation sites (N-methyl/N-ethyl adjacent to an activating group) is 1. The first-order valence-corrected chi connectivity index (χ1v) is 9.22. The highest BCUT2D eigenvalue weighted by Gasteiger charge is 2.32. The molecule has 0 unspecified atom stereocenters. The smallest absolute Gasteiger partial charge is 0.253 e. The SMILES string of the molecule is Cc1cc([C@@H]2CNCC[C@H]2N(C)C(=O)c2ccc(Cl)cc2)ccc1Cl.Cl. The number of benzene rings is 2. The van der Waals surface area contributed by atoms with Crippen LogP contribution >= 0.6 is 35.6 Å². The zero-order valence-electron chi connectivity index (χ0n) is 14.8. The molecule has 0 spiro atoms. The van der Waals surface area contributed by atoms with Crippen molar-refractivity contribution in [3.05, 3.63) is 69.2 Å². The standard InChI is InChI=1S/C20H22Cl2N2O.ClH/c1-13-11-15(5-8-18(13)22)17-12-23-10-9-19(17)24(2)20(25)14-3-6-16(21)7-4-14;/h3-8,11,17,19,23H,9-10,12H2,1-2H3;1H/t17-,19+;/m0./s1. The molecule has 1 aliphatic rings. The van der Waals surface area contributed by atoms with Gasteiger partial charge < -0.3 is 10.2 Å². The molecule has 1 saturated heterocycles. The van der Waals surface area contributed by atoms with E-state index in [-0.39, 0.29) is 30.3 Å². The summed E-state index contributed by atoms with van der Waals surface area (Å²) >= 11 is 12.1. The Kier molecular flexibility index (Phi) is 7.36. The van der Waals surface area contributed by atoms with Crippen LogP contribution in [-0.4, -0.2) is 37.0 Å². The van der Waals surface area contributed by atoms with E-state index in [0.29, 0.717) is 10.6 Å². The average Bonchev–Trinajstić information content (AvgIpc) is 2.63. The molecule has 1 aliphatic heterocycles. The van der Waals surface area contributed by atoms with Gasteiger partial charge in [-0.25, -0.2) is 0 Å². The van der Waals surface area contributed by atoms with Gasteiger partial charge >= 0.3 is 0 Å². The number of nitrogens with one attached hydrogen (secondary N) is 1. The van der Waals surface area contributed by atoms with Crippen molar-refractivity contribution < 1.29 is 4.79 Å². The fourth-order valence-electron chi connectivity index (χ4n) is 3.49. The molecule has 2 atom stereocenters. The summed E-state index contributed by atoms with van der Waals surface area (Å²) in [6.07, 6.45) is 0.919. The van der Waals surface area contributed by atoms with Crippen molar-refractivity contribution in [2.24, 2.45) is 0 Å². The number of aryl methyl sites for hydroxylation is 1. The van der Waals surface area contributed by atoms with Gasteiger partial charge in [0.1, 0.15) is 0 Å². The molecule has 6 heteroatoms. The van der Waals surface area contributed by atoms with Crippen LogP contribution < -0.4 is 5.32 Å². The van der Waals surface area contributed by atoms with Gasteiger partial charge in [-0.3, -0.25) is 4.79 Å². The van der Waals surface area contributed by atoms with Crippen molar-refractivity contribution in [3.8, 4) is 0 Å². The fraction of sp³-hybridized carbons (Fsp3) is 0.350. The van der Waals surface area contributed by atoms with Crippen LogP contribution in [0.4, 0.5) is 0 Å². The van der Waals surface area contributed by atoms with Crippen LogP contribution in [-0.2, 0) is 0 Å². The molecule has 3 nitrogen and oxygen atoms in total. The van der Waals surface area contributed by atoms with Crippen molar-refractivity contribution in [2.45, 2.75) is 25.3 Å². The maximum atomic E-state index is 12.9. The first-order chi connectivity index (χ1) is 12.0. The lowest BCUT2D eigenvalue weighted by Gasteiger charge is -2.39. The molecule has 26 heavy (non-hydrogen) atoms. The second-order valence-electron chi connectivity index (χ2n) is 6.60. The Morgan fingerprint density at radius 3 is 2.50 bits per heavy atom. The molecule has 0 bridgehead atoms. The lowest BCUT2D eigenvalue weighted by atomic mass is 9.85. The Hall–Kier alpha value is -1.26. The van der Waals surface area contributed by atoms with E-state index in [0.717, 1.165) is 30.1 Å². The molecule has 140 valence electrons. The third-order valence-corrected chi connectivity index (χ3v) is 5.64. The summed E-state index contributed by atoms with van der Waals surface area (Å²) in [5.41, 5.74) is 2.95. The maximum absolute atomic E-state index is 12.9. The summed E-state index contributed by atoms with van der Waals surface area (Å²) in [5, 5.41) is 4.86. The maximum Gasteiger partial charge on any atom is 0.253 e. The highest BCUT2D eigenvalue weighted by Crippen LogP contribution is 2.30. The molecule has 0 radical (unpaired) electrons. The van der Waals surface area contributed by atoms with Crippen LogP contribution in [0.2, 0.25) is 10.0 Å². The van der Waals surface area contributed by atoms with Crippen LogP contribution in [0.15, 0.2) is 42.5 Å². The van der Waals surface area contributed by atoms with Crippen LogP contribution in [0.3, 0.4) is 0 Å². The number of amides is 1. The largest absolute Gasteiger partial charge is 0.338 e. The van der Waals surface area contributed by atoms with Crippen molar-refractivity contribution in [1.82, 2.24) is 10.2 Å². The number of carbonyl (C=O) groups excluding carboxylic acids is 1. The number of hydrogen-bond acceptors (Lipinski definition) is 2. The molecule has 1 fully saturated rings. The number of halogens is 3. The first-order valence-electron chi connectivity index (χ1n) is 8.47. The van der Waals surface area contributed by atoms with Gasteiger partial charge in [0.25, 0.3) is 5.91 Å². The van der Waals surface area contributed by atoms with Gasteiger partial charge in [-0.05, 0) is 61.3 Å². The quantitative estimate of drug-likeness (QED) is 0.773. The van der Waals surface area contributed by atoms with Crippen molar-refractivity contribution in [3.63, 3.8) is 0 Å². The number of carbonyl (C=O) groups is 1. The molecule has 0 aromatic heterocycles. The summed E-state index contributed by atoms with van der Waals surface area (Å²) in [4.78, 5) is 14.8. The summed E-state index contributed by atoms with van der Waals surface area (Å²) < 4.78 is 0. The normalized spacial score (nSPS) is 19.5. The molecule has 2 aromatic rings. The molecule has 0 aliphatic carbocycles. The minimum Gasteiger partial charge on any atom is -0.338 e. The predicted molar refractivity (Wildman–Crippen MR) is 111 cm³/mol. The van der Waals surface area contributed by atoms with E-state index < -0.39 is 0 Å². The molecule has 1 heterocycles. The highest BCUT2D eigenvalue weighted by atomic mass is 35.5. The minimum absolute atomic E-state index is 0. The Bertz CT molecular complexity index is 764. The molecular weight excluding hydrogens is 391 g/mol. The zero-order valence-corrected chi connectivity index (χ0v) is 17.2. The summed E-state index contributed by atoms with van der Waals surface area (Å²) in [7, 11) is 1.89. The van der Waals surface area contributed by atoms with Crippen molar-refractivity contribution in [2.75, 3.05) is 20.1 Å². The Balaban J connectivity index is 0.00000243. The number of nitrogens with zero attached hydrogens (tertiary/aromatic N) is 1. The third-order valence-electron chi connectivity index (χ3n) is 4.96. The van der Waals surface area contributed by atoms with Gasteiger partial charge in [-0.15, -0.1) is 12.4 Å². The fourth-order valence-corrected chi connectivity index (χ4v) is 3.74. The molecule has 2 aromatic carbocycles. The van der Waals surface area contributed by atoms with Crippen LogP contribution in [0.5, 0.6) is 0 Å². The second kappa shape index (κ2) is 9.09. The average molecular weight is 414 g/mol. The van der Waals surface area contributed by atoms with Crippen LogP contribution in [0.25, 0.3) is 0 Å². The van der Waals surface area contributed by atoms with Crippen molar-refractivity contribution in [1.29, 1.82) is 0 Å². The Morgan fingerprint density at radius 1 is 1.15 bits per heavy atom. The number of rotatable bonds is 3. The first kappa shape index (κ1) is 21.0. The van der Waals surface area contributed by atoms with E-state index in [1.165, 1.54) is 5.56 Å². The summed E-state index contributed by atoms with van der Waals surface area (Å²) in [6.45, 7) is 3.77. The minimum atomic E-state index is 0. The van der Waals surface area contributed by atoms with Gasteiger partial charge in [-0.2, -0.15) is 0 Å². The molecule has 1 N–H and O–H groups in total. The molecular formula is C20H23Cl3N2O. The van der Waals surface area contributed by atoms with E-state index in [2.05, 4.69) is 17.4 Å². The monoisotopic (exact) mass is 412 g/mol. The van der Waals surface area contributed by atoms with E-state index in [1.807, 2.05) is 24.9 Å². The summed E-state index contributed by atoms with van der Waals surface area (Å²) in [6, 6.07) is 13.4. The van der Waals surface area contributed by atoms with Gasteiger partial charge in [0.05, 0.1) is 0 Å². The van der Waals surface area contributed by atoms with E-state index >= 15 is 0 Å². The van der Waals surface area contributed by atoms with Gasteiger partial charge in [-0.1, -0.05) is 35.3 Å². The third kappa shape index (κ3) is 4.52. The van der Waals surface area contributed by atoms with E-state index in [4.69, 9.17) is 23.2 Å². The van der Waals surface area contributed by atoms with E-state index in [9.17, 15) is 4.79 Å². The highest BCUT2D eigenvalue weighted by molar-refractivity contribution is 6.31. The molecule has 3 rings (SSSR count). The predicted octanol–water partition coefficient (Wildman–Crippen LogP) is 4.94. The van der Waals surface area contributed by atoms with Gasteiger partial charge in [0.2, 0.25) is 0 Å². The molecule has 1 amide bonds. The second-order valence-corrected chi connectivity index (χ2v) is 7.44. The molecule has 0 saturated carbocycles. The lowest BCUT2D eigenvalue weighted by molar-refractivity contribution is 0.0679. The number of piperidine rings is 1. The van der Waals surface area contributed by atoms with E-state index in [1.54, 1.807) is 24.3 Å². The topological polar surface area (TPSA) is 32.3 Å². The van der Waals surface area contributed by atoms with Crippen LogP contribution in [0, 0.1) is 6.92 Å². The number of hydrogen-bond donors (Lipinski definition) is 1. The summed E-state index contributed by atoms with van der Waals surface area (Å²) in [5.74, 6) is 0.269. The zero-order chi connectivity index (χ0) is 18.0.